The third-order valence-electron chi connectivity index (χ3n) is 3.77. The van der Waals surface area contributed by atoms with Crippen molar-refractivity contribution in [1.82, 2.24) is 4.98 Å². The lowest BCUT2D eigenvalue weighted by atomic mass is 10.1. The summed E-state index contributed by atoms with van der Waals surface area (Å²) in [5.74, 6) is -0.403. The van der Waals surface area contributed by atoms with Gasteiger partial charge >= 0.3 is 12.1 Å². The number of carbonyl (C=O) groups is 1. The number of allylic oxidation sites excluding steroid dienone is 1. The van der Waals surface area contributed by atoms with Crippen LogP contribution in [-0.2, 0) is 22.1 Å². The van der Waals surface area contributed by atoms with Gasteiger partial charge in [0.1, 0.15) is 0 Å². The van der Waals surface area contributed by atoms with Gasteiger partial charge in [0.05, 0.1) is 28.4 Å². The average molecular weight is 410 g/mol. The normalized spacial score (nSPS) is 12.5. The average Bonchev–Trinajstić information content (AvgIpc) is 3.13. The second-order valence-corrected chi connectivity index (χ2v) is 6.75. The fraction of sp³-hybridized carbons (Fsp3) is 0.350. The second-order valence-electron chi connectivity index (χ2n) is 5.81. The van der Waals surface area contributed by atoms with Crippen LogP contribution in [0, 0.1) is 0 Å². The zero-order chi connectivity index (χ0) is 20.6. The van der Waals surface area contributed by atoms with Gasteiger partial charge in [0.25, 0.3) is 0 Å². The van der Waals surface area contributed by atoms with Crippen molar-refractivity contribution in [2.24, 2.45) is 4.99 Å². The van der Waals surface area contributed by atoms with Gasteiger partial charge < -0.3 is 4.74 Å². The van der Waals surface area contributed by atoms with Crippen LogP contribution in [-0.4, -0.2) is 30.3 Å². The Bertz CT molecular complexity index is 857. The van der Waals surface area contributed by atoms with Crippen molar-refractivity contribution in [3.63, 3.8) is 0 Å². The standard InChI is InChI=1S/C20H21F3N2O2S/c1-3-14(19(26)27-4-2)12-24-10-6-9-18-25-17(13-28-18)15-7-5-8-16(11-15)20(21,22)23/h3,5,7-8,11-13H,4,6,9-10H2,1-2H3/b14-3+,24-12?. The van der Waals surface area contributed by atoms with E-state index < -0.39 is 17.7 Å². The highest BCUT2D eigenvalue weighted by molar-refractivity contribution is 7.09. The summed E-state index contributed by atoms with van der Waals surface area (Å²) < 4.78 is 43.4. The highest BCUT2D eigenvalue weighted by Crippen LogP contribution is 2.32. The summed E-state index contributed by atoms with van der Waals surface area (Å²) in [4.78, 5) is 20.3. The molecule has 0 atom stereocenters. The predicted octanol–water partition coefficient (Wildman–Crippen LogP) is 5.34. The molecular weight excluding hydrogens is 389 g/mol. The fourth-order valence-corrected chi connectivity index (χ4v) is 3.21. The van der Waals surface area contributed by atoms with Crippen molar-refractivity contribution in [1.29, 1.82) is 0 Å². The molecule has 28 heavy (non-hydrogen) atoms. The first kappa shape index (κ1) is 21.8. The van der Waals surface area contributed by atoms with Crippen LogP contribution in [0.4, 0.5) is 13.2 Å². The Labute approximate surface area is 165 Å². The molecule has 8 heteroatoms. The molecule has 0 aliphatic rings. The number of alkyl halides is 3. The molecule has 1 aromatic heterocycles. The van der Waals surface area contributed by atoms with Crippen LogP contribution >= 0.6 is 11.3 Å². The van der Waals surface area contributed by atoms with Crippen LogP contribution in [0.5, 0.6) is 0 Å². The van der Waals surface area contributed by atoms with Gasteiger partial charge in [-0.25, -0.2) is 9.78 Å². The zero-order valence-corrected chi connectivity index (χ0v) is 16.4. The number of halogens is 3. The molecule has 0 amide bonds. The van der Waals surface area contributed by atoms with Crippen LogP contribution in [0.25, 0.3) is 11.3 Å². The van der Waals surface area contributed by atoms with E-state index in [4.69, 9.17) is 4.74 Å². The largest absolute Gasteiger partial charge is 0.462 e. The molecule has 0 spiro atoms. The number of hydrogen-bond acceptors (Lipinski definition) is 5. The molecule has 0 saturated heterocycles. The van der Waals surface area contributed by atoms with E-state index in [-0.39, 0.29) is 0 Å². The number of benzene rings is 1. The van der Waals surface area contributed by atoms with Crippen LogP contribution in [0.1, 0.15) is 30.8 Å². The highest BCUT2D eigenvalue weighted by atomic mass is 32.1. The number of nitrogens with zero attached hydrogens (tertiary/aromatic N) is 2. The quantitative estimate of drug-likeness (QED) is 0.255. The molecular formula is C20H21F3N2O2S. The number of esters is 1. The van der Waals surface area contributed by atoms with Gasteiger partial charge in [-0.05, 0) is 32.4 Å². The molecule has 4 nitrogen and oxygen atoms in total. The van der Waals surface area contributed by atoms with Crippen molar-refractivity contribution in [2.45, 2.75) is 32.9 Å². The maximum atomic E-state index is 12.8. The lowest BCUT2D eigenvalue weighted by Crippen LogP contribution is -2.08. The summed E-state index contributed by atoms with van der Waals surface area (Å²) in [7, 11) is 0. The van der Waals surface area contributed by atoms with Crippen LogP contribution in [0.3, 0.4) is 0 Å². The molecule has 2 aromatic rings. The molecule has 150 valence electrons. The third kappa shape index (κ3) is 6.30. The monoisotopic (exact) mass is 410 g/mol. The van der Waals surface area contributed by atoms with Gasteiger partial charge in [0.2, 0.25) is 0 Å². The van der Waals surface area contributed by atoms with Gasteiger partial charge in [-0.2, -0.15) is 13.2 Å². The Morgan fingerprint density at radius 1 is 1.36 bits per heavy atom. The van der Waals surface area contributed by atoms with Gasteiger partial charge in [-0.1, -0.05) is 18.2 Å². The molecule has 0 bridgehead atoms. The molecule has 0 fully saturated rings. The van der Waals surface area contributed by atoms with Gasteiger partial charge in [0, 0.05) is 30.1 Å². The SMILES string of the molecule is C/C=C(\C=NCCCc1nc(-c2cccc(C(F)(F)F)c2)cs1)C(=O)OCC. The van der Waals surface area contributed by atoms with E-state index in [0.29, 0.717) is 42.8 Å². The topological polar surface area (TPSA) is 51.5 Å². The van der Waals surface area contributed by atoms with E-state index >= 15 is 0 Å². The van der Waals surface area contributed by atoms with Gasteiger partial charge in [0.15, 0.2) is 0 Å². The number of rotatable bonds is 8. The summed E-state index contributed by atoms with van der Waals surface area (Å²) in [5.41, 5.74) is 0.703. The summed E-state index contributed by atoms with van der Waals surface area (Å²) >= 11 is 1.41. The minimum Gasteiger partial charge on any atom is -0.462 e. The van der Waals surface area contributed by atoms with E-state index in [9.17, 15) is 18.0 Å². The fourth-order valence-electron chi connectivity index (χ4n) is 2.36. The summed E-state index contributed by atoms with van der Waals surface area (Å²) in [6.45, 7) is 4.30. The lowest BCUT2D eigenvalue weighted by Gasteiger charge is -2.07. The van der Waals surface area contributed by atoms with Crippen LogP contribution in [0.15, 0.2) is 46.3 Å². The van der Waals surface area contributed by atoms with E-state index in [1.165, 1.54) is 23.6 Å². The smallest absolute Gasteiger partial charge is 0.416 e. The highest BCUT2D eigenvalue weighted by Gasteiger charge is 2.30. The van der Waals surface area contributed by atoms with Gasteiger partial charge in [-0.15, -0.1) is 11.3 Å². The number of aliphatic imine (C=N–C) groups is 1. The number of aryl methyl sites for hydroxylation is 1. The minimum absolute atomic E-state index is 0.308. The molecule has 0 aliphatic heterocycles. The Balaban J connectivity index is 1.90. The number of thiazole rings is 1. The Morgan fingerprint density at radius 3 is 2.82 bits per heavy atom. The summed E-state index contributed by atoms with van der Waals surface area (Å²) in [6.07, 6.45) is 0.136. The predicted molar refractivity (Wildman–Crippen MR) is 105 cm³/mol. The summed E-state index contributed by atoms with van der Waals surface area (Å²) in [6, 6.07) is 5.15. The molecule has 0 N–H and O–H groups in total. The molecule has 0 saturated carbocycles. The minimum atomic E-state index is -4.37. The van der Waals surface area contributed by atoms with Crippen molar-refractivity contribution >= 4 is 23.5 Å². The van der Waals surface area contributed by atoms with Crippen molar-refractivity contribution in [3.05, 3.63) is 51.9 Å². The van der Waals surface area contributed by atoms with Crippen molar-refractivity contribution in [3.8, 4) is 11.3 Å². The van der Waals surface area contributed by atoms with Crippen molar-refractivity contribution in [2.75, 3.05) is 13.2 Å². The maximum absolute atomic E-state index is 12.8. The van der Waals surface area contributed by atoms with Crippen molar-refractivity contribution < 1.29 is 22.7 Å². The summed E-state index contributed by atoms with van der Waals surface area (Å²) in [5, 5.41) is 2.59. The second kappa shape index (κ2) is 10.2. The molecule has 0 aliphatic carbocycles. The van der Waals surface area contributed by atoms with Crippen LogP contribution in [0.2, 0.25) is 0 Å². The first-order valence-electron chi connectivity index (χ1n) is 8.80. The lowest BCUT2D eigenvalue weighted by molar-refractivity contribution is -0.138. The maximum Gasteiger partial charge on any atom is 0.416 e. The van der Waals surface area contributed by atoms with E-state index in [0.717, 1.165) is 17.1 Å². The Morgan fingerprint density at radius 2 is 2.14 bits per heavy atom. The number of hydrogen-bond donors (Lipinski definition) is 0. The molecule has 0 unspecified atom stereocenters. The third-order valence-corrected chi connectivity index (χ3v) is 4.68. The molecule has 2 rings (SSSR count). The number of ether oxygens (including phenoxy) is 1. The Hall–Kier alpha value is -2.48. The van der Waals surface area contributed by atoms with E-state index in [1.807, 2.05) is 0 Å². The molecule has 1 heterocycles. The van der Waals surface area contributed by atoms with Crippen LogP contribution < -0.4 is 0 Å². The van der Waals surface area contributed by atoms with Gasteiger partial charge in [-0.3, -0.25) is 4.99 Å². The molecule has 1 aromatic carbocycles. The number of carbonyl (C=O) groups excluding carboxylic acids is 1. The first-order chi connectivity index (χ1) is 13.3. The van der Waals surface area contributed by atoms with E-state index in [2.05, 4.69) is 9.98 Å². The Kier molecular flexibility index (Phi) is 7.92. The number of aromatic nitrogens is 1. The van der Waals surface area contributed by atoms with E-state index in [1.54, 1.807) is 31.4 Å². The first-order valence-corrected chi connectivity index (χ1v) is 9.68. The molecule has 0 radical (unpaired) electrons. The zero-order valence-electron chi connectivity index (χ0n) is 15.6.